The number of carbonyl (C=O) groups excluding carboxylic acids is 3. The van der Waals surface area contributed by atoms with Crippen LogP contribution in [-0.4, -0.2) is 45.4 Å². The van der Waals surface area contributed by atoms with E-state index in [9.17, 15) is 14.4 Å². The predicted molar refractivity (Wildman–Crippen MR) is 149 cm³/mol. The van der Waals surface area contributed by atoms with Gasteiger partial charge in [0.05, 0.1) is 5.69 Å². The number of rotatable bonds is 4. The maximum Gasteiger partial charge on any atom is 0.270 e. The summed E-state index contributed by atoms with van der Waals surface area (Å²) in [7, 11) is 0. The molecule has 0 atom stereocenters. The molecule has 3 amide bonds. The number of thiocarbonyl (C=S) groups is 1. The minimum atomic E-state index is -0.536. The number of aryl methyl sites for hydroxylation is 2. The highest BCUT2D eigenvalue weighted by Crippen LogP contribution is 2.28. The molecular formula is C29H30N4O3S. The van der Waals surface area contributed by atoms with Gasteiger partial charge in [-0.05, 0) is 80.2 Å². The number of carbonyl (C=O) groups is 3. The molecule has 0 spiro atoms. The molecule has 2 fully saturated rings. The molecule has 1 aromatic heterocycles. The maximum atomic E-state index is 13.6. The molecule has 190 valence electrons. The van der Waals surface area contributed by atoms with Gasteiger partial charge in [0, 0.05) is 35.8 Å². The normalized spacial score (nSPS) is 18.1. The van der Waals surface area contributed by atoms with E-state index in [4.69, 9.17) is 12.2 Å². The van der Waals surface area contributed by atoms with Crippen LogP contribution in [0.25, 0.3) is 17.0 Å². The number of para-hydroxylation sites is 1. The Hall–Kier alpha value is -3.78. The van der Waals surface area contributed by atoms with Gasteiger partial charge >= 0.3 is 0 Å². The topological polar surface area (TPSA) is 74.7 Å². The lowest BCUT2D eigenvalue weighted by Crippen LogP contribution is -2.54. The number of fused-ring (bicyclic) bond motifs is 1. The van der Waals surface area contributed by atoms with Crippen LogP contribution < -0.4 is 10.2 Å². The highest BCUT2D eigenvalue weighted by Gasteiger charge is 2.35. The number of piperidine rings is 1. The Morgan fingerprint density at radius 2 is 1.76 bits per heavy atom. The fourth-order valence-electron chi connectivity index (χ4n) is 5.15. The van der Waals surface area contributed by atoms with E-state index in [1.165, 1.54) is 4.90 Å². The lowest BCUT2D eigenvalue weighted by molar-refractivity contribution is -0.133. The number of nitrogens with zero attached hydrogens (tertiary/aromatic N) is 3. The lowest BCUT2D eigenvalue weighted by atomic mass is 9.99. The smallest absolute Gasteiger partial charge is 0.270 e. The second-order valence-electron chi connectivity index (χ2n) is 10.1. The Morgan fingerprint density at radius 1 is 1.08 bits per heavy atom. The summed E-state index contributed by atoms with van der Waals surface area (Å²) in [4.78, 5) is 42.8. The number of hydrogen-bond acceptors (Lipinski definition) is 4. The number of hydrogen-bond donors (Lipinski definition) is 1. The molecule has 2 aromatic carbocycles. The van der Waals surface area contributed by atoms with Gasteiger partial charge in [-0.3, -0.25) is 24.6 Å². The summed E-state index contributed by atoms with van der Waals surface area (Å²) in [5, 5.41) is 3.58. The van der Waals surface area contributed by atoms with Gasteiger partial charge in [0.25, 0.3) is 11.8 Å². The molecule has 0 bridgehead atoms. The zero-order valence-electron chi connectivity index (χ0n) is 21.3. The van der Waals surface area contributed by atoms with Gasteiger partial charge in [0.2, 0.25) is 5.91 Å². The number of benzene rings is 2. The van der Waals surface area contributed by atoms with E-state index in [0.717, 1.165) is 48.0 Å². The summed E-state index contributed by atoms with van der Waals surface area (Å²) < 4.78 is 1.90. The van der Waals surface area contributed by atoms with Gasteiger partial charge in [-0.2, -0.15) is 0 Å². The second-order valence-corrected chi connectivity index (χ2v) is 10.5. The second kappa shape index (κ2) is 9.94. The van der Waals surface area contributed by atoms with E-state index >= 15 is 0 Å². The number of amides is 3. The van der Waals surface area contributed by atoms with Gasteiger partial charge in [-0.1, -0.05) is 31.2 Å². The summed E-state index contributed by atoms with van der Waals surface area (Å²) >= 11 is 5.36. The van der Waals surface area contributed by atoms with Crippen molar-refractivity contribution in [3.8, 4) is 0 Å². The van der Waals surface area contributed by atoms with E-state index in [2.05, 4.69) is 12.2 Å². The molecule has 2 aliphatic heterocycles. The maximum absolute atomic E-state index is 13.6. The average molecular weight is 515 g/mol. The lowest BCUT2D eigenvalue weighted by Gasteiger charge is -2.30. The van der Waals surface area contributed by atoms with E-state index < -0.39 is 11.8 Å². The fourth-order valence-corrected chi connectivity index (χ4v) is 5.43. The molecule has 3 aromatic rings. The van der Waals surface area contributed by atoms with Crippen molar-refractivity contribution in [3.63, 3.8) is 0 Å². The van der Waals surface area contributed by atoms with Crippen molar-refractivity contribution in [2.24, 2.45) is 5.92 Å². The third-order valence-corrected chi connectivity index (χ3v) is 7.41. The fraction of sp³-hybridized carbons (Fsp3) is 0.310. The molecule has 8 heteroatoms. The molecule has 5 rings (SSSR count). The van der Waals surface area contributed by atoms with Gasteiger partial charge in [0.1, 0.15) is 12.1 Å². The Bertz CT molecular complexity index is 1440. The molecule has 1 N–H and O–H groups in total. The zero-order chi connectivity index (χ0) is 26.3. The monoisotopic (exact) mass is 514 g/mol. The number of likely N-dealkylation sites (tertiary alicyclic amines) is 1. The summed E-state index contributed by atoms with van der Waals surface area (Å²) in [6.45, 7) is 7.88. The van der Waals surface area contributed by atoms with Crippen molar-refractivity contribution in [2.45, 2.75) is 40.2 Å². The Morgan fingerprint density at radius 3 is 2.46 bits per heavy atom. The summed E-state index contributed by atoms with van der Waals surface area (Å²) in [6, 6.07) is 13.4. The van der Waals surface area contributed by atoms with Crippen molar-refractivity contribution in [2.75, 3.05) is 18.0 Å². The molecular weight excluding hydrogens is 484 g/mol. The average Bonchev–Trinajstić information content (AvgIpc) is 3.18. The van der Waals surface area contributed by atoms with Crippen LogP contribution in [0.4, 0.5) is 5.69 Å². The van der Waals surface area contributed by atoms with Gasteiger partial charge in [0.15, 0.2) is 5.11 Å². The van der Waals surface area contributed by atoms with Crippen molar-refractivity contribution in [1.82, 2.24) is 14.8 Å². The minimum Gasteiger partial charge on any atom is -0.341 e. The molecule has 0 aliphatic carbocycles. The van der Waals surface area contributed by atoms with Crippen LogP contribution in [0, 0.1) is 19.8 Å². The first kappa shape index (κ1) is 24.9. The van der Waals surface area contributed by atoms with Crippen molar-refractivity contribution in [1.29, 1.82) is 0 Å². The van der Waals surface area contributed by atoms with E-state index in [1.54, 1.807) is 6.08 Å². The summed E-state index contributed by atoms with van der Waals surface area (Å²) in [5.74, 6) is -0.297. The van der Waals surface area contributed by atoms with Crippen LogP contribution in [0.3, 0.4) is 0 Å². The number of anilines is 1. The SMILES string of the molecule is Cc1cc(C)cc(N2C(=O)/C(=C\c3cn(CC(=O)N4CCC(C)CC4)c4ccccc34)C(=O)NC2=S)c1. The molecule has 0 saturated carbocycles. The minimum absolute atomic E-state index is 0.00740. The highest BCUT2D eigenvalue weighted by atomic mass is 32.1. The Kier molecular flexibility index (Phi) is 6.69. The molecule has 37 heavy (non-hydrogen) atoms. The largest absolute Gasteiger partial charge is 0.341 e. The van der Waals surface area contributed by atoms with Gasteiger partial charge < -0.3 is 9.47 Å². The van der Waals surface area contributed by atoms with Crippen LogP contribution in [-0.2, 0) is 20.9 Å². The molecule has 2 aliphatic rings. The van der Waals surface area contributed by atoms with Crippen LogP contribution >= 0.6 is 12.2 Å². The summed E-state index contributed by atoms with van der Waals surface area (Å²) in [6.07, 6.45) is 5.48. The van der Waals surface area contributed by atoms with Crippen LogP contribution in [0.2, 0.25) is 0 Å². The van der Waals surface area contributed by atoms with Crippen molar-refractivity contribution < 1.29 is 14.4 Å². The third kappa shape index (κ3) is 4.93. The van der Waals surface area contributed by atoms with Crippen molar-refractivity contribution in [3.05, 3.63) is 70.9 Å². The summed E-state index contributed by atoms with van der Waals surface area (Å²) in [5.41, 5.74) is 4.16. The van der Waals surface area contributed by atoms with Crippen molar-refractivity contribution >= 4 is 57.7 Å². The number of aromatic nitrogens is 1. The molecule has 0 unspecified atom stereocenters. The Labute approximate surface area is 221 Å². The molecule has 2 saturated heterocycles. The standard InChI is InChI=1S/C29H30N4O3S/c1-18-8-10-31(11-9-18)26(34)17-32-16-21(23-6-4-5-7-25(23)32)15-24-27(35)30-29(37)33(28(24)36)22-13-19(2)12-20(3)14-22/h4-7,12-16,18H,8-11,17H2,1-3H3,(H,30,35,37)/b24-15-. The van der Waals surface area contributed by atoms with E-state index in [-0.39, 0.29) is 23.1 Å². The zero-order valence-corrected chi connectivity index (χ0v) is 22.1. The quantitative estimate of drug-likeness (QED) is 0.319. The molecule has 7 nitrogen and oxygen atoms in total. The highest BCUT2D eigenvalue weighted by molar-refractivity contribution is 7.80. The first-order valence-electron chi connectivity index (χ1n) is 12.6. The third-order valence-electron chi connectivity index (χ3n) is 7.13. The number of nitrogens with one attached hydrogen (secondary N) is 1. The Balaban J connectivity index is 1.49. The van der Waals surface area contributed by atoms with Crippen LogP contribution in [0.15, 0.2) is 54.2 Å². The predicted octanol–water partition coefficient (Wildman–Crippen LogP) is 4.35. The molecule has 3 heterocycles. The van der Waals surface area contributed by atoms with Crippen LogP contribution in [0.5, 0.6) is 0 Å². The van der Waals surface area contributed by atoms with Gasteiger partial charge in [-0.15, -0.1) is 0 Å². The van der Waals surface area contributed by atoms with Crippen LogP contribution in [0.1, 0.15) is 36.5 Å². The first-order chi connectivity index (χ1) is 17.7. The first-order valence-corrected chi connectivity index (χ1v) is 13.0. The molecule has 0 radical (unpaired) electrons. The van der Waals surface area contributed by atoms with Gasteiger partial charge in [-0.25, -0.2) is 0 Å². The van der Waals surface area contributed by atoms with E-state index in [1.807, 2.05) is 72.0 Å². The van der Waals surface area contributed by atoms with E-state index in [0.29, 0.717) is 17.2 Å².